The number of fused-ring (bicyclic) bond motifs is 1. The number of phenolic OH excluding ortho intramolecular Hbond substituents is 1. The number of aliphatic imine (C=N–C) groups is 1. The van der Waals surface area contributed by atoms with Crippen LogP contribution in [0.15, 0.2) is 132 Å². The van der Waals surface area contributed by atoms with Crippen molar-refractivity contribution in [3.63, 3.8) is 0 Å². The summed E-state index contributed by atoms with van der Waals surface area (Å²) in [5.74, 6) is 2.31. The molecule has 0 fully saturated rings. The molecule has 7 heteroatoms. The molecule has 0 spiro atoms. The summed E-state index contributed by atoms with van der Waals surface area (Å²) in [5, 5.41) is 14.1. The maximum atomic E-state index is 10.4. The van der Waals surface area contributed by atoms with Crippen molar-refractivity contribution >= 4 is 28.6 Å². The van der Waals surface area contributed by atoms with Crippen molar-refractivity contribution in [3.8, 4) is 23.0 Å². The first-order valence-electron chi connectivity index (χ1n) is 14.1. The van der Waals surface area contributed by atoms with Crippen molar-refractivity contribution < 1.29 is 19.3 Å². The number of anilines is 3. The molecule has 216 valence electrons. The molecule has 0 bridgehead atoms. The zero-order valence-electron chi connectivity index (χ0n) is 24.1. The van der Waals surface area contributed by atoms with Crippen molar-refractivity contribution in [1.29, 1.82) is 0 Å². The Morgan fingerprint density at radius 1 is 0.744 bits per heavy atom. The van der Waals surface area contributed by atoms with Gasteiger partial charge in [-0.05, 0) is 66.2 Å². The van der Waals surface area contributed by atoms with Gasteiger partial charge in [0.15, 0.2) is 11.5 Å². The van der Waals surface area contributed by atoms with Gasteiger partial charge in [-0.3, -0.25) is 4.90 Å². The average Bonchev–Trinajstić information content (AvgIpc) is 3.22. The summed E-state index contributed by atoms with van der Waals surface area (Å²) in [5.41, 5.74) is 4.36. The Morgan fingerprint density at radius 3 is 2.07 bits per heavy atom. The van der Waals surface area contributed by atoms with Gasteiger partial charge in [0, 0.05) is 17.9 Å². The Labute approximate surface area is 251 Å². The van der Waals surface area contributed by atoms with E-state index in [1.54, 1.807) is 20.3 Å². The number of hydrogen-bond donors (Lipinski definition) is 2. The first kappa shape index (κ1) is 27.7. The number of nitrogens with zero attached hydrogens (tertiary/aromatic N) is 2. The van der Waals surface area contributed by atoms with Crippen LogP contribution in [0.2, 0.25) is 0 Å². The number of methoxy groups -OCH3 is 2. The predicted octanol–water partition coefficient (Wildman–Crippen LogP) is 8.14. The molecular formula is C36H33N3O4. The molecule has 2 unspecified atom stereocenters. The highest BCUT2D eigenvalue weighted by atomic mass is 16.5. The summed E-state index contributed by atoms with van der Waals surface area (Å²) in [4.78, 5) is 7.52. The number of nitrogens with one attached hydrogen (secondary N) is 1. The lowest BCUT2D eigenvalue weighted by atomic mass is 9.92. The maximum absolute atomic E-state index is 10.4. The summed E-state index contributed by atoms with van der Waals surface area (Å²) >= 11 is 0. The van der Waals surface area contributed by atoms with Crippen LogP contribution in [0.25, 0.3) is 0 Å². The van der Waals surface area contributed by atoms with Crippen molar-refractivity contribution in [3.05, 3.63) is 133 Å². The van der Waals surface area contributed by atoms with Crippen LogP contribution in [0.1, 0.15) is 11.7 Å². The molecule has 1 aliphatic rings. The van der Waals surface area contributed by atoms with E-state index < -0.39 is 6.10 Å². The van der Waals surface area contributed by atoms with Crippen LogP contribution in [0.5, 0.6) is 23.0 Å². The fourth-order valence-corrected chi connectivity index (χ4v) is 5.37. The Bertz CT molecular complexity index is 1670. The van der Waals surface area contributed by atoms with Crippen LogP contribution in [-0.2, 0) is 0 Å². The zero-order chi connectivity index (χ0) is 29.6. The first-order valence-corrected chi connectivity index (χ1v) is 14.1. The first-order chi connectivity index (χ1) is 21.2. The van der Waals surface area contributed by atoms with Gasteiger partial charge in [0.2, 0.25) is 0 Å². The molecule has 0 aromatic heterocycles. The van der Waals surface area contributed by atoms with Crippen LogP contribution >= 0.6 is 0 Å². The van der Waals surface area contributed by atoms with Crippen LogP contribution in [0, 0.1) is 5.92 Å². The van der Waals surface area contributed by atoms with Crippen molar-refractivity contribution in [1.82, 2.24) is 0 Å². The van der Waals surface area contributed by atoms with Crippen LogP contribution in [0.3, 0.4) is 0 Å². The van der Waals surface area contributed by atoms with Gasteiger partial charge in [0.1, 0.15) is 29.1 Å². The fraction of sp³-hybridized carbons (Fsp3) is 0.139. The van der Waals surface area contributed by atoms with E-state index in [-0.39, 0.29) is 11.7 Å². The number of aromatic hydroxyl groups is 1. The van der Waals surface area contributed by atoms with E-state index in [0.29, 0.717) is 18.0 Å². The second-order valence-corrected chi connectivity index (χ2v) is 10.1. The Balaban J connectivity index is 1.56. The number of hydrogen-bond acceptors (Lipinski definition) is 7. The summed E-state index contributed by atoms with van der Waals surface area (Å²) in [6.45, 7) is 0.456. The van der Waals surface area contributed by atoms with E-state index in [2.05, 4.69) is 34.5 Å². The minimum absolute atomic E-state index is 0.0630. The smallest absolute Gasteiger partial charge is 0.160 e. The SMILES string of the molecule is COc1cc(C2Oc3ccccc3N=C(N(c3ccccc3)c3ccccc3)C2CNc2ccccc2OC)ccc1O. The highest BCUT2D eigenvalue weighted by molar-refractivity contribution is 6.07. The van der Waals surface area contributed by atoms with E-state index in [1.807, 2.05) is 97.1 Å². The second kappa shape index (κ2) is 12.6. The normalized spacial score (nSPS) is 15.7. The monoisotopic (exact) mass is 571 g/mol. The van der Waals surface area contributed by atoms with Crippen molar-refractivity contribution in [2.45, 2.75) is 6.10 Å². The van der Waals surface area contributed by atoms with E-state index in [4.69, 9.17) is 19.2 Å². The largest absolute Gasteiger partial charge is 0.504 e. The van der Waals surface area contributed by atoms with E-state index in [1.165, 1.54) is 0 Å². The van der Waals surface area contributed by atoms with Gasteiger partial charge in [-0.2, -0.15) is 0 Å². The van der Waals surface area contributed by atoms with Gasteiger partial charge in [-0.1, -0.05) is 66.7 Å². The minimum atomic E-state index is -0.506. The molecule has 6 rings (SSSR count). The molecule has 2 atom stereocenters. The lowest BCUT2D eigenvalue weighted by molar-refractivity contribution is 0.174. The lowest BCUT2D eigenvalue weighted by Gasteiger charge is -2.34. The Kier molecular flexibility index (Phi) is 8.13. The molecule has 5 aromatic rings. The molecule has 1 aliphatic heterocycles. The molecule has 0 radical (unpaired) electrons. The topological polar surface area (TPSA) is 75.6 Å². The minimum Gasteiger partial charge on any atom is -0.504 e. The van der Waals surface area contributed by atoms with Gasteiger partial charge in [0.25, 0.3) is 0 Å². The maximum Gasteiger partial charge on any atom is 0.160 e. The molecule has 0 saturated heterocycles. The van der Waals surface area contributed by atoms with E-state index in [9.17, 15) is 5.11 Å². The standard InChI is InChI=1S/C36H33N3O4/c1-41-32-19-11-9-17-29(32)37-24-28-35(25-21-22-31(40)34(23-25)42-2)43-33-20-12-10-18-30(33)38-36(28)39(26-13-5-3-6-14-26)27-15-7-4-8-16-27/h3-23,28,35,37,40H,24H2,1-2H3. The summed E-state index contributed by atoms with van der Waals surface area (Å²) in [7, 11) is 3.21. The number of rotatable bonds is 8. The second-order valence-electron chi connectivity index (χ2n) is 10.1. The van der Waals surface area contributed by atoms with E-state index in [0.717, 1.165) is 39.9 Å². The van der Waals surface area contributed by atoms with Crippen LogP contribution < -0.4 is 24.4 Å². The fourth-order valence-electron chi connectivity index (χ4n) is 5.37. The summed E-state index contributed by atoms with van der Waals surface area (Å²) in [6.07, 6.45) is -0.506. The number of ether oxygens (including phenoxy) is 3. The molecule has 0 amide bonds. The third-order valence-corrected chi connectivity index (χ3v) is 7.46. The van der Waals surface area contributed by atoms with E-state index >= 15 is 0 Å². The molecule has 5 aromatic carbocycles. The Morgan fingerprint density at radius 2 is 1.37 bits per heavy atom. The number of phenols is 1. The van der Waals surface area contributed by atoms with Gasteiger partial charge < -0.3 is 24.6 Å². The lowest BCUT2D eigenvalue weighted by Crippen LogP contribution is -2.40. The van der Waals surface area contributed by atoms with Crippen molar-refractivity contribution in [2.24, 2.45) is 10.9 Å². The van der Waals surface area contributed by atoms with Crippen LogP contribution in [-0.4, -0.2) is 31.7 Å². The van der Waals surface area contributed by atoms with Crippen LogP contribution in [0.4, 0.5) is 22.7 Å². The van der Waals surface area contributed by atoms with Crippen molar-refractivity contribution in [2.75, 3.05) is 31.0 Å². The molecule has 0 saturated carbocycles. The zero-order valence-corrected chi connectivity index (χ0v) is 24.1. The van der Waals surface area contributed by atoms with Gasteiger partial charge in [-0.25, -0.2) is 4.99 Å². The quantitative estimate of drug-likeness (QED) is 0.196. The van der Waals surface area contributed by atoms with Gasteiger partial charge >= 0.3 is 0 Å². The molecule has 1 heterocycles. The third kappa shape index (κ3) is 5.83. The van der Waals surface area contributed by atoms with Gasteiger partial charge in [-0.15, -0.1) is 0 Å². The number of amidine groups is 1. The Hall–Kier alpha value is -5.43. The number of para-hydroxylation sites is 6. The summed E-state index contributed by atoms with van der Waals surface area (Å²) < 4.78 is 18.0. The molecular weight excluding hydrogens is 538 g/mol. The third-order valence-electron chi connectivity index (χ3n) is 7.46. The molecule has 0 aliphatic carbocycles. The molecule has 43 heavy (non-hydrogen) atoms. The highest BCUT2D eigenvalue weighted by Gasteiger charge is 2.37. The highest BCUT2D eigenvalue weighted by Crippen LogP contribution is 2.43. The molecule has 7 nitrogen and oxygen atoms in total. The summed E-state index contributed by atoms with van der Waals surface area (Å²) in [6, 6.07) is 41.4. The average molecular weight is 572 g/mol. The number of benzene rings is 5. The van der Waals surface area contributed by atoms with Gasteiger partial charge in [0.05, 0.1) is 25.8 Å². The molecule has 2 N–H and O–H groups in total. The predicted molar refractivity (Wildman–Crippen MR) is 172 cm³/mol.